The Morgan fingerprint density at radius 3 is 1.73 bits per heavy atom. The lowest BCUT2D eigenvalue weighted by molar-refractivity contribution is -0.126. The Morgan fingerprint density at radius 2 is 1.24 bits per heavy atom. The first-order valence-corrected chi connectivity index (χ1v) is 22.1. The Bertz CT molecular complexity index is 1890. The number of cyclic esters (lactones) is 2. The van der Waals surface area contributed by atoms with E-state index in [-0.39, 0.29) is 49.2 Å². The van der Waals surface area contributed by atoms with Crippen LogP contribution in [0.1, 0.15) is 123 Å². The van der Waals surface area contributed by atoms with Crippen LogP contribution in [0.3, 0.4) is 0 Å². The average Bonchev–Trinajstić information content (AvgIpc) is 3.27. The summed E-state index contributed by atoms with van der Waals surface area (Å²) in [7, 11) is 6.35. The second-order valence-electron chi connectivity index (χ2n) is 16.1. The van der Waals surface area contributed by atoms with Crippen LogP contribution in [0, 0.1) is 11.8 Å². The van der Waals surface area contributed by atoms with E-state index in [1.165, 1.54) is 26.6 Å². The van der Waals surface area contributed by atoms with Gasteiger partial charge in [0.05, 0.1) is 26.4 Å². The van der Waals surface area contributed by atoms with E-state index in [1.807, 2.05) is 30.3 Å². The number of methoxy groups -OCH3 is 4. The highest BCUT2D eigenvalue weighted by atomic mass is 16.6. The highest BCUT2D eigenvalue weighted by Crippen LogP contribution is 2.30. The molecular formula is C50H68N2O10. The number of nitrogens with one attached hydrogen (secondary N) is 1. The molecule has 62 heavy (non-hydrogen) atoms. The van der Waals surface area contributed by atoms with Crippen molar-refractivity contribution in [3.8, 4) is 11.5 Å². The molecule has 1 N–H and O–H groups in total. The second kappa shape index (κ2) is 26.3. The molecular weight excluding hydrogens is 789 g/mol. The first-order valence-electron chi connectivity index (χ1n) is 22.1. The minimum atomic E-state index is -0.646. The maximum absolute atomic E-state index is 13.8. The molecule has 3 amide bonds. The number of urea groups is 1. The van der Waals surface area contributed by atoms with Gasteiger partial charge in [-0.05, 0) is 67.2 Å². The maximum atomic E-state index is 13.8. The van der Waals surface area contributed by atoms with Crippen LogP contribution in [0.25, 0.3) is 0 Å². The number of amides is 3. The smallest absolute Gasteiger partial charge is 0.342 e. The van der Waals surface area contributed by atoms with E-state index in [2.05, 4.69) is 44.3 Å². The fourth-order valence-electron chi connectivity index (χ4n) is 7.91. The molecule has 2 aromatic carbocycles. The normalized spacial score (nSPS) is 22.5. The highest BCUT2D eigenvalue weighted by Gasteiger charge is 2.29. The summed E-state index contributed by atoms with van der Waals surface area (Å²) >= 11 is 0. The van der Waals surface area contributed by atoms with Gasteiger partial charge >= 0.3 is 18.0 Å². The molecule has 0 spiro atoms. The van der Waals surface area contributed by atoms with Crippen molar-refractivity contribution in [1.82, 2.24) is 10.2 Å². The van der Waals surface area contributed by atoms with Gasteiger partial charge in [-0.3, -0.25) is 4.79 Å². The van der Waals surface area contributed by atoms with Gasteiger partial charge in [0.15, 0.2) is 0 Å². The molecule has 0 aliphatic carbocycles. The summed E-state index contributed by atoms with van der Waals surface area (Å²) in [6.45, 7) is 6.30. The lowest BCUT2D eigenvalue weighted by atomic mass is 9.93. The number of imide groups is 1. The Kier molecular flexibility index (Phi) is 21.0. The summed E-state index contributed by atoms with van der Waals surface area (Å²) in [6.07, 6.45) is 20.7. The average molecular weight is 857 g/mol. The molecule has 1 unspecified atom stereocenters. The molecule has 12 heteroatoms. The van der Waals surface area contributed by atoms with Gasteiger partial charge < -0.3 is 33.7 Å². The van der Waals surface area contributed by atoms with E-state index in [0.717, 1.165) is 48.1 Å². The Balaban J connectivity index is 1.54. The molecule has 0 bridgehead atoms. The van der Waals surface area contributed by atoms with Crippen molar-refractivity contribution < 1.29 is 47.6 Å². The van der Waals surface area contributed by atoms with Gasteiger partial charge in [0, 0.05) is 58.7 Å². The molecule has 2 heterocycles. The van der Waals surface area contributed by atoms with E-state index >= 15 is 0 Å². The van der Waals surface area contributed by atoms with Crippen molar-refractivity contribution in [3.05, 3.63) is 108 Å². The molecule has 0 aromatic heterocycles. The molecule has 0 fully saturated rings. The largest absolute Gasteiger partial charge is 0.496 e. The van der Waals surface area contributed by atoms with Gasteiger partial charge in [-0.25, -0.2) is 19.3 Å². The summed E-state index contributed by atoms with van der Waals surface area (Å²) in [5.41, 5.74) is 2.34. The summed E-state index contributed by atoms with van der Waals surface area (Å²) < 4.78 is 35.2. The number of esters is 2. The zero-order valence-corrected chi connectivity index (χ0v) is 37.8. The van der Waals surface area contributed by atoms with Crippen LogP contribution in [-0.4, -0.2) is 81.6 Å². The van der Waals surface area contributed by atoms with Gasteiger partial charge in [-0.15, -0.1) is 0 Å². The second-order valence-corrected chi connectivity index (χ2v) is 16.1. The van der Waals surface area contributed by atoms with E-state index in [1.54, 1.807) is 38.5 Å². The Morgan fingerprint density at radius 1 is 0.726 bits per heavy atom. The maximum Gasteiger partial charge on any atom is 0.342 e. The molecule has 0 saturated carbocycles. The zero-order chi connectivity index (χ0) is 44.9. The van der Waals surface area contributed by atoms with Crippen molar-refractivity contribution in [2.24, 2.45) is 11.8 Å². The Hall–Kier alpha value is -5.20. The van der Waals surface area contributed by atoms with E-state index in [9.17, 15) is 19.2 Å². The molecule has 4 rings (SSSR count). The van der Waals surface area contributed by atoms with Gasteiger partial charge in [-0.1, -0.05) is 101 Å². The van der Waals surface area contributed by atoms with Crippen molar-refractivity contribution in [2.45, 2.75) is 129 Å². The molecule has 12 nitrogen and oxygen atoms in total. The molecule has 0 saturated heterocycles. The van der Waals surface area contributed by atoms with Gasteiger partial charge in [0.25, 0.3) is 0 Å². The summed E-state index contributed by atoms with van der Waals surface area (Å²) in [5.74, 6) is -0.226. The number of fused-ring (bicyclic) bond motifs is 2. The van der Waals surface area contributed by atoms with E-state index in [4.69, 9.17) is 28.4 Å². The van der Waals surface area contributed by atoms with E-state index in [0.29, 0.717) is 54.7 Å². The molecule has 0 radical (unpaired) electrons. The van der Waals surface area contributed by atoms with Gasteiger partial charge in [-0.2, -0.15) is 0 Å². The SMILES string of the molecule is CCCCCCC(=O)N(C=CCC1C[C@@H](OC)[C@@H](C)CC=CCc2cccc(OC)c2C(=O)O1)C(=O)NC=CC[C@H]1C[C@@H](OC)[C@@H](C)CC=CCc2cccc(OC)c2C(=O)O1. The molecule has 2 aliphatic heterocycles. The van der Waals surface area contributed by atoms with Crippen LogP contribution >= 0.6 is 0 Å². The topological polar surface area (TPSA) is 139 Å². The third kappa shape index (κ3) is 14.7. The van der Waals surface area contributed by atoms with Crippen LogP contribution < -0.4 is 14.8 Å². The summed E-state index contributed by atoms with van der Waals surface area (Å²) in [5, 5.41) is 2.75. The zero-order valence-electron chi connectivity index (χ0n) is 37.8. The van der Waals surface area contributed by atoms with Crippen molar-refractivity contribution in [3.63, 3.8) is 0 Å². The number of ether oxygens (including phenoxy) is 6. The summed E-state index contributed by atoms with van der Waals surface area (Å²) in [4.78, 5) is 56.0. The number of carbonyl (C=O) groups excluding carboxylic acids is 4. The van der Waals surface area contributed by atoms with Crippen LogP contribution in [-0.2, 0) is 36.6 Å². The molecule has 2 aromatic rings. The van der Waals surface area contributed by atoms with Gasteiger partial charge in [0.2, 0.25) is 5.91 Å². The first-order chi connectivity index (χ1) is 30.0. The van der Waals surface area contributed by atoms with E-state index < -0.39 is 30.2 Å². The van der Waals surface area contributed by atoms with Crippen LogP contribution in [0.15, 0.2) is 85.3 Å². The first kappa shape index (κ1) is 49.5. The Labute approximate surface area is 368 Å². The molecule has 338 valence electrons. The summed E-state index contributed by atoms with van der Waals surface area (Å²) in [6, 6.07) is 10.3. The predicted octanol–water partition coefficient (Wildman–Crippen LogP) is 9.86. The lowest BCUT2D eigenvalue weighted by Crippen LogP contribution is -2.38. The highest BCUT2D eigenvalue weighted by molar-refractivity contribution is 5.96. The standard InChI is InChI=1S/C50H68N2O10/c1-8-9-10-11-30-45(53)52(32-19-27-40-34-44(60-7)36(3)21-13-15-23-38-25-17-29-42(58-5)47(38)49(55)62-40)50(56)51-31-18-26-39-33-43(59-6)35(2)20-12-14-22-37-24-16-28-41(57-4)46(37)48(54)61-39/h12-19,24-25,28-29,31-32,35-36,39-40,43-44H,8-11,20-23,26-27,30,33-34H2,1-7H3,(H,51,56)/t35-,36-,39-,40?,43+,44+/m0/s1. The third-order valence-electron chi connectivity index (χ3n) is 11.6. The minimum Gasteiger partial charge on any atom is -0.496 e. The number of hydrogen-bond acceptors (Lipinski definition) is 10. The van der Waals surface area contributed by atoms with Crippen LogP contribution in [0.2, 0.25) is 0 Å². The number of hydrogen-bond donors (Lipinski definition) is 1. The molecule has 6 atom stereocenters. The quantitative estimate of drug-likeness (QED) is 0.105. The lowest BCUT2D eigenvalue weighted by Gasteiger charge is -2.27. The number of benzene rings is 2. The number of nitrogens with zero attached hydrogens (tertiary/aromatic N) is 1. The monoisotopic (exact) mass is 856 g/mol. The number of allylic oxidation sites excluding steroid dienone is 4. The molecule has 2 aliphatic rings. The van der Waals surface area contributed by atoms with Crippen molar-refractivity contribution >= 4 is 23.9 Å². The number of unbranched alkanes of at least 4 members (excludes halogenated alkanes) is 3. The number of carbonyl (C=O) groups is 4. The van der Waals surface area contributed by atoms with Crippen LogP contribution in [0.5, 0.6) is 11.5 Å². The predicted molar refractivity (Wildman–Crippen MR) is 240 cm³/mol. The third-order valence-corrected chi connectivity index (χ3v) is 11.6. The van der Waals surface area contributed by atoms with Crippen molar-refractivity contribution in [2.75, 3.05) is 28.4 Å². The fraction of sp³-hybridized carbons (Fsp3) is 0.520. The number of rotatable bonds is 15. The fourth-order valence-corrected chi connectivity index (χ4v) is 7.91. The van der Waals surface area contributed by atoms with Crippen LogP contribution in [0.4, 0.5) is 4.79 Å². The van der Waals surface area contributed by atoms with Crippen molar-refractivity contribution in [1.29, 1.82) is 0 Å². The minimum absolute atomic E-state index is 0.137. The van der Waals surface area contributed by atoms with Gasteiger partial charge in [0.1, 0.15) is 34.8 Å².